The van der Waals surface area contributed by atoms with E-state index in [0.29, 0.717) is 6.42 Å². The molecule has 5 heteroatoms. The van der Waals surface area contributed by atoms with Crippen LogP contribution < -0.4 is 10.1 Å². The number of nitrogens with zero attached hydrogens (tertiary/aromatic N) is 2. The van der Waals surface area contributed by atoms with E-state index in [1.807, 2.05) is 50.5 Å². The summed E-state index contributed by atoms with van der Waals surface area (Å²) < 4.78 is 7.79. The lowest BCUT2D eigenvalue weighted by Crippen LogP contribution is -2.41. The van der Waals surface area contributed by atoms with Crippen molar-refractivity contribution in [3.05, 3.63) is 48.0 Å². The van der Waals surface area contributed by atoms with Crippen molar-refractivity contribution in [2.45, 2.75) is 51.8 Å². The van der Waals surface area contributed by atoms with Crippen molar-refractivity contribution >= 4 is 5.91 Å². The third kappa shape index (κ3) is 4.12. The predicted octanol–water partition coefficient (Wildman–Crippen LogP) is 2.34. The zero-order valence-electron chi connectivity index (χ0n) is 13.7. The molecule has 1 atom stereocenters. The van der Waals surface area contributed by atoms with Crippen LogP contribution in [0.3, 0.4) is 0 Å². The fraction of sp³-hybridized carbons (Fsp3) is 0.444. The highest BCUT2D eigenvalue weighted by molar-refractivity contribution is 5.79. The van der Waals surface area contributed by atoms with Gasteiger partial charge >= 0.3 is 0 Å². The molecule has 0 unspecified atom stereocenters. The number of hydrogen-bond acceptors (Lipinski definition) is 3. The Morgan fingerprint density at radius 1 is 1.48 bits per heavy atom. The van der Waals surface area contributed by atoms with E-state index in [1.165, 1.54) is 0 Å². The maximum absolute atomic E-state index is 12.3. The first-order valence-corrected chi connectivity index (χ1v) is 8.15. The Bertz CT molecular complexity index is 678. The molecule has 0 fully saturated rings. The third-order valence-corrected chi connectivity index (χ3v) is 3.94. The van der Waals surface area contributed by atoms with Gasteiger partial charge in [0.1, 0.15) is 11.6 Å². The Balaban J connectivity index is 1.55. The predicted molar refractivity (Wildman–Crippen MR) is 88.4 cm³/mol. The van der Waals surface area contributed by atoms with Crippen molar-refractivity contribution in [1.82, 2.24) is 14.9 Å². The van der Waals surface area contributed by atoms with Gasteiger partial charge in [-0.05, 0) is 38.0 Å². The van der Waals surface area contributed by atoms with Gasteiger partial charge in [-0.25, -0.2) is 4.98 Å². The van der Waals surface area contributed by atoms with Crippen LogP contribution in [0, 0.1) is 0 Å². The number of aromatic nitrogens is 2. The van der Waals surface area contributed by atoms with E-state index >= 15 is 0 Å². The number of carbonyl (C=O) groups excluding carboxylic acids is 1. The number of fused-ring (bicyclic) bond motifs is 1. The minimum atomic E-state index is 0.0558. The van der Waals surface area contributed by atoms with Gasteiger partial charge in [-0.1, -0.05) is 12.1 Å². The third-order valence-electron chi connectivity index (χ3n) is 3.94. The van der Waals surface area contributed by atoms with Gasteiger partial charge in [0, 0.05) is 31.4 Å². The number of carbonyl (C=O) groups is 1. The van der Waals surface area contributed by atoms with Crippen molar-refractivity contribution in [2.24, 2.45) is 0 Å². The number of ether oxygens (including phenoxy) is 1. The molecule has 5 nitrogen and oxygen atoms in total. The van der Waals surface area contributed by atoms with Crippen molar-refractivity contribution < 1.29 is 9.53 Å². The lowest BCUT2D eigenvalue weighted by Gasteiger charge is -2.24. The van der Waals surface area contributed by atoms with Gasteiger partial charge in [0.25, 0.3) is 0 Å². The zero-order chi connectivity index (χ0) is 16.2. The van der Waals surface area contributed by atoms with E-state index in [2.05, 4.69) is 14.9 Å². The number of aryl methyl sites for hydroxylation is 1. The molecular formula is C18H23N3O2. The molecule has 3 rings (SSSR count). The fourth-order valence-corrected chi connectivity index (χ4v) is 2.95. The summed E-state index contributed by atoms with van der Waals surface area (Å²) in [6.07, 6.45) is 6.16. The molecule has 1 amide bonds. The molecule has 0 saturated heterocycles. The summed E-state index contributed by atoms with van der Waals surface area (Å²) in [7, 11) is 0. The van der Waals surface area contributed by atoms with Gasteiger partial charge < -0.3 is 14.6 Å². The summed E-state index contributed by atoms with van der Waals surface area (Å²) in [5, 5.41) is 3.13. The lowest BCUT2D eigenvalue weighted by atomic mass is 10.1. The quantitative estimate of drug-likeness (QED) is 0.922. The first-order chi connectivity index (χ1) is 11.1. The second-order valence-electron chi connectivity index (χ2n) is 6.29. The molecule has 0 radical (unpaired) electrons. The topological polar surface area (TPSA) is 56.1 Å². The molecule has 1 N–H and O–H groups in total. The normalized spacial score (nSPS) is 16.9. The number of benzene rings is 1. The van der Waals surface area contributed by atoms with E-state index in [-0.39, 0.29) is 18.1 Å². The second-order valence-corrected chi connectivity index (χ2v) is 6.29. The van der Waals surface area contributed by atoms with Crippen LogP contribution in [0.25, 0.3) is 0 Å². The summed E-state index contributed by atoms with van der Waals surface area (Å²) in [6, 6.07) is 7.93. The Hall–Kier alpha value is -2.30. The molecule has 1 aromatic heterocycles. The van der Waals surface area contributed by atoms with E-state index in [0.717, 1.165) is 36.5 Å². The van der Waals surface area contributed by atoms with Crippen molar-refractivity contribution in [2.75, 3.05) is 0 Å². The Morgan fingerprint density at radius 2 is 2.35 bits per heavy atom. The first kappa shape index (κ1) is 15.6. The van der Waals surface area contributed by atoms with Crippen LogP contribution in [-0.4, -0.2) is 27.6 Å². The highest BCUT2D eigenvalue weighted by Crippen LogP contribution is 2.16. The smallest absolute Gasteiger partial charge is 0.224 e. The van der Waals surface area contributed by atoms with E-state index < -0.39 is 0 Å². The highest BCUT2D eigenvalue weighted by atomic mass is 16.5. The summed E-state index contributed by atoms with van der Waals surface area (Å²) in [4.78, 5) is 16.6. The van der Waals surface area contributed by atoms with Crippen LogP contribution in [0.1, 0.15) is 31.7 Å². The maximum atomic E-state index is 12.3. The molecule has 2 aromatic rings. The minimum absolute atomic E-state index is 0.0558. The number of nitrogens with one attached hydrogen (secondary N) is 1. The summed E-state index contributed by atoms with van der Waals surface area (Å²) >= 11 is 0. The number of hydrogen-bond donors (Lipinski definition) is 1. The van der Waals surface area contributed by atoms with Gasteiger partial charge in [-0.2, -0.15) is 0 Å². The molecule has 0 spiro atoms. The van der Waals surface area contributed by atoms with Crippen molar-refractivity contribution in [3.8, 4) is 5.75 Å². The van der Waals surface area contributed by atoms with Crippen LogP contribution in [-0.2, 0) is 24.2 Å². The Labute approximate surface area is 136 Å². The van der Waals surface area contributed by atoms with Crippen molar-refractivity contribution in [1.29, 1.82) is 0 Å². The molecule has 23 heavy (non-hydrogen) atoms. The first-order valence-electron chi connectivity index (χ1n) is 8.15. The average molecular weight is 313 g/mol. The summed E-state index contributed by atoms with van der Waals surface area (Å²) in [6.45, 7) is 4.79. The second kappa shape index (κ2) is 6.86. The zero-order valence-corrected chi connectivity index (χ0v) is 13.7. The Morgan fingerprint density at radius 3 is 3.17 bits per heavy atom. The molecule has 0 bridgehead atoms. The lowest BCUT2D eigenvalue weighted by molar-refractivity contribution is -0.121. The van der Waals surface area contributed by atoms with Gasteiger partial charge in [0.2, 0.25) is 5.91 Å². The molecule has 0 aliphatic carbocycles. The molecule has 1 aromatic carbocycles. The molecule has 2 heterocycles. The molecule has 122 valence electrons. The van der Waals surface area contributed by atoms with E-state index in [9.17, 15) is 4.79 Å². The van der Waals surface area contributed by atoms with Gasteiger partial charge in [-0.3, -0.25) is 4.79 Å². The van der Waals surface area contributed by atoms with Crippen LogP contribution >= 0.6 is 0 Å². The number of amides is 1. The van der Waals surface area contributed by atoms with E-state index in [4.69, 9.17) is 4.74 Å². The summed E-state index contributed by atoms with van der Waals surface area (Å²) in [5.41, 5.74) is 0.972. The van der Waals surface area contributed by atoms with Gasteiger partial charge in [0.15, 0.2) is 0 Å². The van der Waals surface area contributed by atoms with E-state index in [1.54, 1.807) is 0 Å². The minimum Gasteiger partial charge on any atom is -0.491 e. The molecule has 1 aliphatic rings. The fourth-order valence-electron chi connectivity index (χ4n) is 2.95. The molecule has 0 saturated carbocycles. The summed E-state index contributed by atoms with van der Waals surface area (Å²) in [5.74, 6) is 1.97. The molecular weight excluding hydrogens is 290 g/mol. The van der Waals surface area contributed by atoms with Gasteiger partial charge in [-0.15, -0.1) is 0 Å². The van der Waals surface area contributed by atoms with Crippen molar-refractivity contribution in [3.63, 3.8) is 0 Å². The molecule has 1 aliphatic heterocycles. The number of rotatable bonds is 5. The highest BCUT2D eigenvalue weighted by Gasteiger charge is 2.20. The van der Waals surface area contributed by atoms with Gasteiger partial charge in [0.05, 0.1) is 12.5 Å². The number of imidazole rings is 1. The SMILES string of the molecule is CC(C)Oc1cccc(CC(=O)N[C@@H]2CCc3nccn3C2)c1. The Kier molecular flexibility index (Phi) is 4.65. The van der Waals surface area contributed by atoms with Crippen LogP contribution in [0.4, 0.5) is 0 Å². The standard InChI is InChI=1S/C18H23N3O2/c1-13(2)23-16-5-3-4-14(10-16)11-18(22)20-15-6-7-17-19-8-9-21(17)12-15/h3-5,8-10,13,15H,6-7,11-12H2,1-2H3,(H,20,22)/t15-/m1/s1. The average Bonchev–Trinajstić information content (AvgIpc) is 2.94. The maximum Gasteiger partial charge on any atom is 0.224 e. The van der Waals surface area contributed by atoms with Crippen LogP contribution in [0.2, 0.25) is 0 Å². The van der Waals surface area contributed by atoms with Crippen LogP contribution in [0.15, 0.2) is 36.7 Å². The van der Waals surface area contributed by atoms with Crippen LogP contribution in [0.5, 0.6) is 5.75 Å². The monoisotopic (exact) mass is 313 g/mol. The largest absolute Gasteiger partial charge is 0.491 e.